The van der Waals surface area contributed by atoms with Crippen molar-refractivity contribution in [3.05, 3.63) is 34.2 Å². The highest BCUT2D eigenvalue weighted by Crippen LogP contribution is 2.35. The average Bonchev–Trinajstić information content (AvgIpc) is 3.03. The molecule has 4 nitrogen and oxygen atoms in total. The van der Waals surface area contributed by atoms with Crippen LogP contribution in [0.1, 0.15) is 35.9 Å². The molecule has 6 heteroatoms. The predicted octanol–water partition coefficient (Wildman–Crippen LogP) is 5.13. The van der Waals surface area contributed by atoms with Gasteiger partial charge in [-0.15, -0.1) is 11.3 Å². The number of likely N-dealkylation sites (tertiary alicyclic amines) is 1. The number of nitrogens with zero attached hydrogens (tertiary/aromatic N) is 2. The molecule has 4 rings (SSSR count). The molecule has 1 fully saturated rings. The number of carbonyl (C=O) groups is 1. The minimum Gasteiger partial charge on any atom is -0.495 e. The smallest absolute Gasteiger partial charge is 0.264 e. The Morgan fingerprint density at radius 3 is 2.92 bits per heavy atom. The molecule has 0 radical (unpaired) electrons. The van der Waals surface area contributed by atoms with Crippen LogP contribution in [0.3, 0.4) is 0 Å². The number of fused-ring (bicyclic) bond motifs is 2. The van der Waals surface area contributed by atoms with Crippen LogP contribution in [-0.4, -0.2) is 35.5 Å². The lowest BCUT2D eigenvalue weighted by molar-refractivity contribution is 0.0641. The minimum atomic E-state index is 0.114. The molecule has 25 heavy (non-hydrogen) atoms. The maximum absolute atomic E-state index is 12.9. The number of hydrogen-bond acceptors (Lipinski definition) is 4. The molecule has 0 spiro atoms. The van der Waals surface area contributed by atoms with E-state index in [2.05, 4.69) is 11.9 Å². The molecular weight excluding hydrogens is 356 g/mol. The van der Waals surface area contributed by atoms with Gasteiger partial charge in [-0.2, -0.15) is 0 Å². The lowest BCUT2D eigenvalue weighted by atomic mass is 10.0. The van der Waals surface area contributed by atoms with Crippen LogP contribution >= 0.6 is 22.9 Å². The highest BCUT2D eigenvalue weighted by Gasteiger charge is 2.25. The summed E-state index contributed by atoms with van der Waals surface area (Å²) < 4.78 is 5.27. The Morgan fingerprint density at radius 1 is 1.32 bits per heavy atom. The lowest BCUT2D eigenvalue weighted by Crippen LogP contribution is -2.41. The van der Waals surface area contributed by atoms with Crippen LogP contribution in [0.2, 0.25) is 5.02 Å². The van der Waals surface area contributed by atoms with E-state index in [-0.39, 0.29) is 5.91 Å². The Kier molecular flexibility index (Phi) is 4.29. The monoisotopic (exact) mass is 374 g/mol. The molecule has 1 amide bonds. The fourth-order valence-corrected chi connectivity index (χ4v) is 4.71. The number of ether oxygens (including phenoxy) is 1. The molecule has 3 aromatic rings. The van der Waals surface area contributed by atoms with Gasteiger partial charge in [-0.3, -0.25) is 4.79 Å². The first kappa shape index (κ1) is 16.6. The van der Waals surface area contributed by atoms with Crippen molar-refractivity contribution in [3.8, 4) is 5.75 Å². The third kappa shape index (κ3) is 2.85. The second kappa shape index (κ2) is 6.46. The zero-order valence-electron chi connectivity index (χ0n) is 14.2. The van der Waals surface area contributed by atoms with Gasteiger partial charge in [-0.1, -0.05) is 11.6 Å². The summed E-state index contributed by atoms with van der Waals surface area (Å²) in [5, 5.41) is 2.43. The summed E-state index contributed by atoms with van der Waals surface area (Å²) in [5.74, 6) is 0.721. The number of hydrogen-bond donors (Lipinski definition) is 0. The van der Waals surface area contributed by atoms with E-state index in [0.717, 1.165) is 39.9 Å². The summed E-state index contributed by atoms with van der Waals surface area (Å²) in [7, 11) is 1.59. The Labute approximate surface area is 155 Å². The maximum atomic E-state index is 12.9. The third-order valence-electron chi connectivity index (χ3n) is 4.87. The van der Waals surface area contributed by atoms with Gasteiger partial charge in [0.1, 0.15) is 15.6 Å². The Bertz CT molecular complexity index is 969. The zero-order chi connectivity index (χ0) is 17.6. The summed E-state index contributed by atoms with van der Waals surface area (Å²) in [6, 6.07) is 8.08. The van der Waals surface area contributed by atoms with E-state index in [1.165, 1.54) is 17.8 Å². The molecule has 0 N–H and O–H groups in total. The largest absolute Gasteiger partial charge is 0.495 e. The zero-order valence-corrected chi connectivity index (χ0v) is 15.8. The second-order valence-corrected chi connectivity index (χ2v) is 7.90. The van der Waals surface area contributed by atoms with Gasteiger partial charge in [0, 0.05) is 23.4 Å². The fourth-order valence-electron chi connectivity index (χ4n) is 3.45. The number of carbonyl (C=O) groups excluding carboxylic acids is 1. The van der Waals surface area contributed by atoms with Crippen LogP contribution in [0.5, 0.6) is 5.75 Å². The van der Waals surface area contributed by atoms with Crippen LogP contribution in [0.25, 0.3) is 21.1 Å². The van der Waals surface area contributed by atoms with Gasteiger partial charge in [0.15, 0.2) is 0 Å². The Balaban J connectivity index is 1.78. The summed E-state index contributed by atoms with van der Waals surface area (Å²) in [4.78, 5) is 21.2. The Hall–Kier alpha value is -1.85. The van der Waals surface area contributed by atoms with Crippen molar-refractivity contribution in [1.82, 2.24) is 9.88 Å². The summed E-state index contributed by atoms with van der Waals surface area (Å²) in [6.07, 6.45) is 3.36. The van der Waals surface area contributed by atoms with Gasteiger partial charge in [0.2, 0.25) is 0 Å². The van der Waals surface area contributed by atoms with E-state index < -0.39 is 0 Å². The number of thiophene rings is 1. The number of pyridine rings is 1. The molecule has 1 aliphatic rings. The molecule has 1 aliphatic heterocycles. The van der Waals surface area contributed by atoms with Gasteiger partial charge in [-0.05, 0) is 50.5 Å². The van der Waals surface area contributed by atoms with E-state index >= 15 is 0 Å². The summed E-state index contributed by atoms with van der Waals surface area (Å²) in [5.41, 5.74) is 0.709. The van der Waals surface area contributed by atoms with Gasteiger partial charge < -0.3 is 9.64 Å². The van der Waals surface area contributed by atoms with Crippen molar-refractivity contribution in [3.63, 3.8) is 0 Å². The molecule has 0 saturated carbocycles. The van der Waals surface area contributed by atoms with Crippen molar-refractivity contribution in [2.24, 2.45) is 0 Å². The van der Waals surface area contributed by atoms with E-state index in [1.807, 2.05) is 29.2 Å². The predicted molar refractivity (Wildman–Crippen MR) is 103 cm³/mol. The molecule has 0 bridgehead atoms. The standard InChI is InChI=1S/C19H19ClN2O2S/c1-11-5-3-4-8-22(11)19(23)15-10-13-9-12-6-7-14(24-2)16(20)17(12)21-18(13)25-15/h6-7,9-11H,3-5,8H2,1-2H3. The SMILES string of the molecule is COc1ccc2cc3cc(C(=O)N4CCCCC4C)sc3nc2c1Cl. The molecule has 3 heterocycles. The van der Waals surface area contributed by atoms with Crippen LogP contribution in [0.15, 0.2) is 24.3 Å². The van der Waals surface area contributed by atoms with Crippen molar-refractivity contribution in [1.29, 1.82) is 0 Å². The molecule has 130 valence electrons. The number of amides is 1. The van der Waals surface area contributed by atoms with Crippen LogP contribution < -0.4 is 4.74 Å². The van der Waals surface area contributed by atoms with Gasteiger partial charge in [-0.25, -0.2) is 4.98 Å². The van der Waals surface area contributed by atoms with Crippen LogP contribution in [0.4, 0.5) is 0 Å². The van der Waals surface area contributed by atoms with Crippen molar-refractivity contribution in [2.75, 3.05) is 13.7 Å². The molecule has 1 aromatic carbocycles. The average molecular weight is 375 g/mol. The number of methoxy groups -OCH3 is 1. The quantitative estimate of drug-likeness (QED) is 0.624. The van der Waals surface area contributed by atoms with Gasteiger partial charge in [0.25, 0.3) is 5.91 Å². The number of rotatable bonds is 2. The first-order chi connectivity index (χ1) is 12.1. The first-order valence-corrected chi connectivity index (χ1v) is 9.65. The highest BCUT2D eigenvalue weighted by molar-refractivity contribution is 7.20. The van der Waals surface area contributed by atoms with E-state index in [9.17, 15) is 4.79 Å². The van der Waals surface area contributed by atoms with Gasteiger partial charge >= 0.3 is 0 Å². The van der Waals surface area contributed by atoms with Crippen molar-refractivity contribution >= 4 is 50.0 Å². The minimum absolute atomic E-state index is 0.114. The molecule has 1 atom stereocenters. The fraction of sp³-hybridized carbons (Fsp3) is 0.368. The normalized spacial score (nSPS) is 18.0. The maximum Gasteiger partial charge on any atom is 0.264 e. The number of aromatic nitrogens is 1. The second-order valence-electron chi connectivity index (χ2n) is 6.49. The molecule has 1 saturated heterocycles. The number of halogens is 1. The molecule has 1 unspecified atom stereocenters. The first-order valence-electron chi connectivity index (χ1n) is 8.46. The Morgan fingerprint density at radius 2 is 2.16 bits per heavy atom. The van der Waals surface area contributed by atoms with Crippen molar-refractivity contribution < 1.29 is 9.53 Å². The molecule has 2 aromatic heterocycles. The topological polar surface area (TPSA) is 42.4 Å². The molecular formula is C19H19ClN2O2S. The third-order valence-corrected chi connectivity index (χ3v) is 6.27. The highest BCUT2D eigenvalue weighted by atomic mass is 35.5. The van der Waals surface area contributed by atoms with E-state index in [0.29, 0.717) is 22.3 Å². The van der Waals surface area contributed by atoms with Crippen molar-refractivity contribution in [2.45, 2.75) is 32.2 Å². The van der Waals surface area contributed by atoms with E-state index in [4.69, 9.17) is 16.3 Å². The molecule has 0 aliphatic carbocycles. The van der Waals surface area contributed by atoms with Crippen LogP contribution in [0, 0.1) is 0 Å². The summed E-state index contributed by atoms with van der Waals surface area (Å²) in [6.45, 7) is 2.97. The number of piperidine rings is 1. The van der Waals surface area contributed by atoms with Crippen LogP contribution in [-0.2, 0) is 0 Å². The lowest BCUT2D eigenvalue weighted by Gasteiger charge is -2.33. The number of benzene rings is 1. The van der Waals surface area contributed by atoms with Gasteiger partial charge in [0.05, 0.1) is 17.5 Å². The summed E-state index contributed by atoms with van der Waals surface area (Å²) >= 11 is 7.83. The van der Waals surface area contributed by atoms with E-state index in [1.54, 1.807) is 7.11 Å².